The summed E-state index contributed by atoms with van der Waals surface area (Å²) in [4.78, 5) is 2.70. The fourth-order valence-corrected chi connectivity index (χ4v) is 4.55. The number of rotatable bonds is 8. The van der Waals surface area contributed by atoms with Crippen LogP contribution in [0.5, 0.6) is 11.5 Å². The van der Waals surface area contributed by atoms with Crippen LogP contribution < -0.4 is 9.47 Å². The smallest absolute Gasteiger partial charge is 0.122 e. The minimum atomic E-state index is 0.528. The van der Waals surface area contributed by atoms with Gasteiger partial charge in [0.15, 0.2) is 0 Å². The van der Waals surface area contributed by atoms with Crippen LogP contribution in [0.1, 0.15) is 49.3 Å². The first kappa shape index (κ1) is 19.8. The number of ether oxygens (including phenoxy) is 2. The molecule has 0 radical (unpaired) electrons. The number of hydrogen-bond acceptors (Lipinski definition) is 3. The highest BCUT2D eigenvalue weighted by Crippen LogP contribution is 2.38. The van der Waals surface area contributed by atoms with Gasteiger partial charge in [-0.15, -0.1) is 0 Å². The van der Waals surface area contributed by atoms with Gasteiger partial charge in [0.1, 0.15) is 11.5 Å². The van der Waals surface area contributed by atoms with E-state index in [2.05, 4.69) is 55.1 Å². The summed E-state index contributed by atoms with van der Waals surface area (Å²) >= 11 is 0. The third-order valence-corrected chi connectivity index (χ3v) is 5.95. The molecule has 3 heteroatoms. The standard InChI is InChI=1S/C24H33NO2/c1-5-15-25(16-14-19-8-6-9-20(17-19)26-3)23-13-12-22-21(18(23)2)10-7-11-24(22)27-4/h6-11,17-18,23H,5,12-16H2,1-4H3/t18-,23+/m1/s1. The predicted molar refractivity (Wildman–Crippen MR) is 112 cm³/mol. The molecular weight excluding hydrogens is 334 g/mol. The van der Waals surface area contributed by atoms with Crippen LogP contribution in [0.4, 0.5) is 0 Å². The molecule has 1 aliphatic rings. The lowest BCUT2D eigenvalue weighted by Gasteiger charge is -2.40. The van der Waals surface area contributed by atoms with E-state index in [0.717, 1.165) is 37.4 Å². The lowest BCUT2D eigenvalue weighted by molar-refractivity contribution is 0.160. The highest BCUT2D eigenvalue weighted by molar-refractivity contribution is 5.44. The molecular formula is C24H33NO2. The summed E-state index contributed by atoms with van der Waals surface area (Å²) in [5.41, 5.74) is 4.22. The van der Waals surface area contributed by atoms with Gasteiger partial charge in [0, 0.05) is 12.6 Å². The molecule has 146 valence electrons. The first-order chi connectivity index (χ1) is 13.2. The van der Waals surface area contributed by atoms with E-state index in [0.29, 0.717) is 12.0 Å². The Morgan fingerprint density at radius 1 is 1.04 bits per heavy atom. The summed E-state index contributed by atoms with van der Waals surface area (Å²) in [5.74, 6) is 2.53. The minimum absolute atomic E-state index is 0.528. The monoisotopic (exact) mass is 367 g/mol. The van der Waals surface area contributed by atoms with E-state index in [4.69, 9.17) is 9.47 Å². The van der Waals surface area contributed by atoms with Crippen LogP contribution in [-0.2, 0) is 12.8 Å². The largest absolute Gasteiger partial charge is 0.497 e. The zero-order chi connectivity index (χ0) is 19.2. The Morgan fingerprint density at radius 3 is 2.59 bits per heavy atom. The number of methoxy groups -OCH3 is 2. The Hall–Kier alpha value is -2.00. The van der Waals surface area contributed by atoms with E-state index in [-0.39, 0.29) is 0 Å². The van der Waals surface area contributed by atoms with Crippen molar-refractivity contribution >= 4 is 0 Å². The molecule has 0 aromatic heterocycles. The average molecular weight is 368 g/mol. The van der Waals surface area contributed by atoms with Gasteiger partial charge in [-0.05, 0) is 73.0 Å². The fraction of sp³-hybridized carbons (Fsp3) is 0.500. The van der Waals surface area contributed by atoms with Gasteiger partial charge < -0.3 is 9.47 Å². The Kier molecular flexibility index (Phi) is 6.78. The molecule has 0 bridgehead atoms. The van der Waals surface area contributed by atoms with E-state index in [1.165, 1.54) is 29.5 Å². The highest BCUT2D eigenvalue weighted by atomic mass is 16.5. The number of hydrogen-bond donors (Lipinski definition) is 0. The van der Waals surface area contributed by atoms with E-state index in [9.17, 15) is 0 Å². The molecule has 0 spiro atoms. The van der Waals surface area contributed by atoms with Gasteiger partial charge in [-0.2, -0.15) is 0 Å². The van der Waals surface area contributed by atoms with Crippen molar-refractivity contribution in [3.8, 4) is 11.5 Å². The Bertz CT molecular complexity index is 743. The summed E-state index contributed by atoms with van der Waals surface area (Å²) in [6.07, 6.45) is 4.55. The van der Waals surface area contributed by atoms with Crippen molar-refractivity contribution in [3.05, 3.63) is 59.2 Å². The van der Waals surface area contributed by atoms with Crippen molar-refractivity contribution < 1.29 is 9.47 Å². The Balaban J connectivity index is 1.74. The van der Waals surface area contributed by atoms with Gasteiger partial charge in [0.25, 0.3) is 0 Å². The van der Waals surface area contributed by atoms with Gasteiger partial charge in [0.05, 0.1) is 14.2 Å². The van der Waals surface area contributed by atoms with Crippen molar-refractivity contribution in [2.45, 2.75) is 51.5 Å². The van der Waals surface area contributed by atoms with Gasteiger partial charge in [-0.25, -0.2) is 0 Å². The zero-order valence-corrected chi connectivity index (χ0v) is 17.2. The van der Waals surface area contributed by atoms with Crippen LogP contribution in [-0.4, -0.2) is 38.3 Å². The van der Waals surface area contributed by atoms with Gasteiger partial charge in [0.2, 0.25) is 0 Å². The van der Waals surface area contributed by atoms with E-state index in [1.54, 1.807) is 14.2 Å². The predicted octanol–water partition coefficient (Wildman–Crippen LogP) is 5.08. The van der Waals surface area contributed by atoms with Crippen LogP contribution >= 0.6 is 0 Å². The topological polar surface area (TPSA) is 21.7 Å². The number of nitrogens with zero attached hydrogens (tertiary/aromatic N) is 1. The van der Waals surface area contributed by atoms with Crippen molar-refractivity contribution in [3.63, 3.8) is 0 Å². The Morgan fingerprint density at radius 2 is 1.85 bits per heavy atom. The summed E-state index contributed by atoms with van der Waals surface area (Å²) in [6.45, 7) is 6.91. The summed E-state index contributed by atoms with van der Waals surface area (Å²) in [6, 6.07) is 15.6. The molecule has 0 fully saturated rings. The molecule has 2 aromatic rings. The van der Waals surface area contributed by atoms with Crippen LogP contribution in [0.3, 0.4) is 0 Å². The third-order valence-electron chi connectivity index (χ3n) is 5.95. The lowest BCUT2D eigenvalue weighted by atomic mass is 9.79. The maximum absolute atomic E-state index is 5.61. The number of benzene rings is 2. The molecule has 27 heavy (non-hydrogen) atoms. The molecule has 2 atom stereocenters. The fourth-order valence-electron chi connectivity index (χ4n) is 4.55. The number of fused-ring (bicyclic) bond motifs is 1. The average Bonchev–Trinajstić information content (AvgIpc) is 2.71. The molecule has 0 heterocycles. The molecule has 0 saturated heterocycles. The highest BCUT2D eigenvalue weighted by Gasteiger charge is 2.31. The first-order valence-electron chi connectivity index (χ1n) is 10.2. The van der Waals surface area contributed by atoms with Crippen LogP contribution in [0.25, 0.3) is 0 Å². The van der Waals surface area contributed by atoms with E-state index < -0.39 is 0 Å². The molecule has 0 N–H and O–H groups in total. The molecule has 3 nitrogen and oxygen atoms in total. The second-order valence-electron chi connectivity index (χ2n) is 7.56. The van der Waals surface area contributed by atoms with Crippen LogP contribution in [0.2, 0.25) is 0 Å². The summed E-state index contributed by atoms with van der Waals surface area (Å²) in [7, 11) is 3.52. The maximum atomic E-state index is 5.61. The first-order valence-corrected chi connectivity index (χ1v) is 10.2. The summed E-state index contributed by atoms with van der Waals surface area (Å²) < 4.78 is 11.0. The van der Waals surface area contributed by atoms with Crippen molar-refractivity contribution in [2.75, 3.05) is 27.3 Å². The third kappa shape index (κ3) is 4.47. The van der Waals surface area contributed by atoms with Crippen LogP contribution in [0.15, 0.2) is 42.5 Å². The molecule has 0 unspecified atom stereocenters. The quantitative estimate of drug-likeness (QED) is 0.650. The minimum Gasteiger partial charge on any atom is -0.497 e. The van der Waals surface area contributed by atoms with E-state index >= 15 is 0 Å². The Labute approximate surface area is 164 Å². The molecule has 3 rings (SSSR count). The molecule has 1 aliphatic carbocycles. The molecule has 0 aliphatic heterocycles. The second-order valence-corrected chi connectivity index (χ2v) is 7.56. The molecule has 2 aromatic carbocycles. The maximum Gasteiger partial charge on any atom is 0.122 e. The zero-order valence-electron chi connectivity index (χ0n) is 17.2. The lowest BCUT2D eigenvalue weighted by Crippen LogP contribution is -2.43. The van der Waals surface area contributed by atoms with Gasteiger partial charge in [-0.1, -0.05) is 38.1 Å². The normalized spacial score (nSPS) is 19.0. The van der Waals surface area contributed by atoms with Crippen LogP contribution in [0, 0.1) is 0 Å². The SMILES string of the molecule is CCCN(CCc1cccc(OC)c1)[C@H]1CCc2c(OC)cccc2[C@H]1C. The van der Waals surface area contributed by atoms with Crippen molar-refractivity contribution in [1.82, 2.24) is 4.90 Å². The summed E-state index contributed by atoms with van der Waals surface area (Å²) in [5, 5.41) is 0. The molecule has 0 saturated carbocycles. The van der Waals surface area contributed by atoms with Gasteiger partial charge in [-0.3, -0.25) is 4.90 Å². The second kappa shape index (κ2) is 9.27. The van der Waals surface area contributed by atoms with E-state index in [1.807, 2.05) is 6.07 Å². The molecule has 0 amide bonds. The van der Waals surface area contributed by atoms with Crippen molar-refractivity contribution in [1.29, 1.82) is 0 Å². The van der Waals surface area contributed by atoms with Crippen molar-refractivity contribution in [2.24, 2.45) is 0 Å². The van der Waals surface area contributed by atoms with Gasteiger partial charge >= 0.3 is 0 Å².